The second-order valence-corrected chi connectivity index (χ2v) is 5.06. The first-order valence-corrected chi connectivity index (χ1v) is 6.56. The predicted molar refractivity (Wildman–Crippen MR) is 72.9 cm³/mol. The van der Waals surface area contributed by atoms with E-state index in [9.17, 15) is 4.39 Å². The van der Waals surface area contributed by atoms with Crippen molar-refractivity contribution >= 4 is 28.2 Å². The van der Waals surface area contributed by atoms with Gasteiger partial charge in [-0.2, -0.15) is 0 Å². The van der Waals surface area contributed by atoms with Gasteiger partial charge in [0.15, 0.2) is 0 Å². The Bertz CT molecular complexity index is 625. The number of rotatable bonds is 1. The van der Waals surface area contributed by atoms with Crippen LogP contribution in [0, 0.1) is 5.82 Å². The predicted octanol–water partition coefficient (Wildman–Crippen LogP) is 3.95. The molecule has 0 unspecified atom stereocenters. The van der Waals surface area contributed by atoms with E-state index in [1.165, 1.54) is 18.1 Å². The van der Waals surface area contributed by atoms with Crippen LogP contribution in [0.25, 0.3) is 10.9 Å². The lowest BCUT2D eigenvalue weighted by Crippen LogP contribution is -2.09. The molecule has 1 heterocycles. The topological polar surface area (TPSA) is 24.9 Å². The molecular formula is C14H14ClFN2. The molecule has 18 heavy (non-hydrogen) atoms. The van der Waals surface area contributed by atoms with Crippen molar-refractivity contribution in [3.05, 3.63) is 34.2 Å². The van der Waals surface area contributed by atoms with E-state index in [4.69, 9.17) is 11.6 Å². The first-order valence-electron chi connectivity index (χ1n) is 6.19. The molecule has 0 fully saturated rings. The second kappa shape index (κ2) is 4.39. The highest BCUT2D eigenvalue weighted by Gasteiger charge is 2.18. The smallest absolute Gasteiger partial charge is 0.143 e. The number of nitrogens with zero attached hydrogens (tertiary/aromatic N) is 1. The largest absolute Gasteiger partial charge is 0.387 e. The van der Waals surface area contributed by atoms with E-state index in [0.29, 0.717) is 5.52 Å². The number of benzene rings is 1. The highest BCUT2D eigenvalue weighted by atomic mass is 35.5. The van der Waals surface area contributed by atoms with Gasteiger partial charge in [0, 0.05) is 29.9 Å². The zero-order chi connectivity index (χ0) is 12.7. The number of pyridine rings is 1. The highest BCUT2D eigenvalue weighted by molar-refractivity contribution is 6.31. The van der Waals surface area contributed by atoms with Crippen LogP contribution < -0.4 is 5.32 Å². The van der Waals surface area contributed by atoms with Gasteiger partial charge in [0.25, 0.3) is 0 Å². The summed E-state index contributed by atoms with van der Waals surface area (Å²) < 4.78 is 13.5. The van der Waals surface area contributed by atoms with E-state index in [-0.39, 0.29) is 5.02 Å². The molecule has 3 rings (SSSR count). The van der Waals surface area contributed by atoms with Crippen LogP contribution in [0.15, 0.2) is 12.1 Å². The standard InChI is InChI=1S/C14H14ClFN2/c1-17-14-8-4-2-3-5-12(8)18-13-7-11(16)10(15)6-9(13)14/h6-7H,2-5H2,1H3,(H,17,18). The summed E-state index contributed by atoms with van der Waals surface area (Å²) in [7, 11) is 1.89. The molecule has 1 aromatic heterocycles. The molecule has 94 valence electrons. The molecule has 0 atom stereocenters. The summed E-state index contributed by atoms with van der Waals surface area (Å²) in [6.45, 7) is 0. The summed E-state index contributed by atoms with van der Waals surface area (Å²) in [5, 5.41) is 4.28. The fourth-order valence-corrected chi connectivity index (χ4v) is 2.87. The SMILES string of the molecule is CNc1c2c(nc3cc(F)c(Cl)cc13)CCCC2. The third-order valence-electron chi connectivity index (χ3n) is 3.55. The Labute approximate surface area is 110 Å². The third-order valence-corrected chi connectivity index (χ3v) is 3.84. The molecule has 2 aromatic rings. The lowest BCUT2D eigenvalue weighted by atomic mass is 9.93. The van der Waals surface area contributed by atoms with Crippen molar-refractivity contribution < 1.29 is 4.39 Å². The van der Waals surface area contributed by atoms with Crippen LogP contribution in [0.1, 0.15) is 24.1 Å². The van der Waals surface area contributed by atoms with Crippen molar-refractivity contribution in [1.29, 1.82) is 0 Å². The number of anilines is 1. The molecule has 1 aromatic carbocycles. The zero-order valence-corrected chi connectivity index (χ0v) is 10.9. The highest BCUT2D eigenvalue weighted by Crippen LogP contribution is 2.34. The van der Waals surface area contributed by atoms with Crippen LogP contribution in [-0.2, 0) is 12.8 Å². The number of hydrogen-bond acceptors (Lipinski definition) is 2. The average Bonchev–Trinajstić information content (AvgIpc) is 2.38. The van der Waals surface area contributed by atoms with Crippen molar-refractivity contribution in [3.8, 4) is 0 Å². The molecule has 0 aliphatic heterocycles. The Morgan fingerprint density at radius 2 is 2.06 bits per heavy atom. The van der Waals surface area contributed by atoms with Crippen molar-refractivity contribution in [2.75, 3.05) is 12.4 Å². The van der Waals surface area contributed by atoms with Crippen LogP contribution in [-0.4, -0.2) is 12.0 Å². The Morgan fingerprint density at radius 1 is 1.28 bits per heavy atom. The molecule has 0 bridgehead atoms. The molecule has 0 saturated carbocycles. The molecule has 1 aliphatic rings. The van der Waals surface area contributed by atoms with E-state index in [1.807, 2.05) is 7.05 Å². The second-order valence-electron chi connectivity index (χ2n) is 4.65. The minimum absolute atomic E-state index is 0.150. The van der Waals surface area contributed by atoms with Crippen LogP contribution in [0.2, 0.25) is 5.02 Å². The number of aryl methyl sites for hydroxylation is 1. The van der Waals surface area contributed by atoms with Crippen molar-refractivity contribution in [2.45, 2.75) is 25.7 Å². The molecule has 1 aliphatic carbocycles. The van der Waals surface area contributed by atoms with Gasteiger partial charge in [0.2, 0.25) is 0 Å². The van der Waals surface area contributed by atoms with Gasteiger partial charge in [-0.05, 0) is 37.3 Å². The molecule has 0 radical (unpaired) electrons. The van der Waals surface area contributed by atoms with Gasteiger partial charge < -0.3 is 5.32 Å². The maximum Gasteiger partial charge on any atom is 0.143 e. The van der Waals surface area contributed by atoms with Crippen LogP contribution in [0.5, 0.6) is 0 Å². The molecule has 0 spiro atoms. The van der Waals surface area contributed by atoms with Gasteiger partial charge in [-0.3, -0.25) is 4.98 Å². The van der Waals surface area contributed by atoms with E-state index in [0.717, 1.165) is 36.0 Å². The summed E-state index contributed by atoms with van der Waals surface area (Å²) >= 11 is 5.87. The summed E-state index contributed by atoms with van der Waals surface area (Å²) in [5.41, 5.74) is 4.09. The van der Waals surface area contributed by atoms with E-state index in [1.54, 1.807) is 6.07 Å². The Kier molecular flexibility index (Phi) is 2.86. The molecule has 2 nitrogen and oxygen atoms in total. The number of fused-ring (bicyclic) bond motifs is 2. The quantitative estimate of drug-likeness (QED) is 0.844. The fourth-order valence-electron chi connectivity index (χ4n) is 2.70. The lowest BCUT2D eigenvalue weighted by molar-refractivity contribution is 0.629. The average molecular weight is 265 g/mol. The van der Waals surface area contributed by atoms with E-state index in [2.05, 4.69) is 10.3 Å². The maximum absolute atomic E-state index is 13.5. The summed E-state index contributed by atoms with van der Waals surface area (Å²) in [5.74, 6) is -0.408. The summed E-state index contributed by atoms with van der Waals surface area (Å²) in [6.07, 6.45) is 4.35. The van der Waals surface area contributed by atoms with E-state index >= 15 is 0 Å². The summed E-state index contributed by atoms with van der Waals surface area (Å²) in [4.78, 5) is 4.59. The third kappa shape index (κ3) is 1.74. The number of aromatic nitrogens is 1. The number of halogens is 2. The number of nitrogens with one attached hydrogen (secondary N) is 1. The summed E-state index contributed by atoms with van der Waals surface area (Å²) in [6, 6.07) is 3.09. The van der Waals surface area contributed by atoms with Crippen LogP contribution in [0.4, 0.5) is 10.1 Å². The maximum atomic E-state index is 13.5. The van der Waals surface area contributed by atoms with Gasteiger partial charge in [0.05, 0.1) is 10.5 Å². The molecular weight excluding hydrogens is 251 g/mol. The molecule has 1 N–H and O–H groups in total. The van der Waals surface area contributed by atoms with Crippen LogP contribution >= 0.6 is 11.6 Å². The van der Waals surface area contributed by atoms with E-state index < -0.39 is 5.82 Å². The van der Waals surface area contributed by atoms with Gasteiger partial charge in [0.1, 0.15) is 5.82 Å². The first kappa shape index (κ1) is 11.7. The molecule has 4 heteroatoms. The van der Waals surface area contributed by atoms with Crippen molar-refractivity contribution in [1.82, 2.24) is 4.98 Å². The normalized spacial score (nSPS) is 14.6. The van der Waals surface area contributed by atoms with Gasteiger partial charge in [-0.25, -0.2) is 4.39 Å². The lowest BCUT2D eigenvalue weighted by Gasteiger charge is -2.20. The monoisotopic (exact) mass is 264 g/mol. The van der Waals surface area contributed by atoms with Crippen molar-refractivity contribution in [2.24, 2.45) is 0 Å². The van der Waals surface area contributed by atoms with Crippen LogP contribution in [0.3, 0.4) is 0 Å². The van der Waals surface area contributed by atoms with Crippen molar-refractivity contribution in [3.63, 3.8) is 0 Å². The van der Waals surface area contributed by atoms with Gasteiger partial charge in [-0.1, -0.05) is 11.6 Å². The Hall–Kier alpha value is -1.35. The molecule has 0 saturated heterocycles. The Morgan fingerprint density at radius 3 is 2.83 bits per heavy atom. The number of hydrogen-bond donors (Lipinski definition) is 1. The van der Waals surface area contributed by atoms with Gasteiger partial charge >= 0.3 is 0 Å². The minimum atomic E-state index is -0.408. The minimum Gasteiger partial charge on any atom is -0.387 e. The molecule has 0 amide bonds. The zero-order valence-electron chi connectivity index (χ0n) is 10.2. The fraction of sp³-hybridized carbons (Fsp3) is 0.357. The Balaban J connectivity index is 2.36. The van der Waals surface area contributed by atoms with Gasteiger partial charge in [-0.15, -0.1) is 0 Å². The first-order chi connectivity index (χ1) is 8.70.